The van der Waals surface area contributed by atoms with Crippen molar-refractivity contribution in [3.8, 4) is 11.5 Å². The number of nitrogens with zero attached hydrogens (tertiary/aromatic N) is 1. The molecule has 4 nitrogen and oxygen atoms in total. The Morgan fingerprint density at radius 2 is 1.59 bits per heavy atom. The number of hydrogen-bond acceptors (Lipinski definition) is 5. The second-order valence-corrected chi connectivity index (χ2v) is 5.83. The molecule has 0 aliphatic heterocycles. The highest BCUT2D eigenvalue weighted by molar-refractivity contribution is 7.15. The van der Waals surface area contributed by atoms with Crippen LogP contribution in [0.1, 0.15) is 34.0 Å². The number of hydrogen-bond donors (Lipinski definition) is 2. The Bertz CT molecular complexity index is 670. The van der Waals surface area contributed by atoms with E-state index in [1.807, 2.05) is 18.2 Å². The summed E-state index contributed by atoms with van der Waals surface area (Å²) in [5.41, 5.74) is 2.15. The standard InChI is InChI=1S/C17H19NO3S/c1-3-18(4-2)13-8-5-12(6-9-13)7-10-14-16(20)17(21)15(11-19)22-14/h5-11,20-21H,3-4H2,1-2H3/b10-7+. The second kappa shape index (κ2) is 7.13. The molecule has 116 valence electrons. The van der Waals surface area contributed by atoms with Gasteiger partial charge in [-0.2, -0.15) is 0 Å². The molecule has 0 amide bonds. The van der Waals surface area contributed by atoms with E-state index in [-0.39, 0.29) is 16.4 Å². The first-order valence-electron chi connectivity index (χ1n) is 7.13. The molecule has 0 bridgehead atoms. The quantitative estimate of drug-likeness (QED) is 0.791. The zero-order chi connectivity index (χ0) is 16.1. The molecule has 22 heavy (non-hydrogen) atoms. The van der Waals surface area contributed by atoms with E-state index in [9.17, 15) is 15.0 Å². The Hall–Kier alpha value is -2.27. The molecule has 2 N–H and O–H groups in total. The Morgan fingerprint density at radius 1 is 1.00 bits per heavy atom. The molecule has 0 aliphatic rings. The fraction of sp³-hybridized carbons (Fsp3) is 0.235. The summed E-state index contributed by atoms with van der Waals surface area (Å²) in [6.45, 7) is 6.16. The summed E-state index contributed by atoms with van der Waals surface area (Å²) in [6, 6.07) is 8.09. The molecule has 0 aliphatic carbocycles. The van der Waals surface area contributed by atoms with E-state index < -0.39 is 0 Å². The molecule has 1 heterocycles. The number of carbonyl (C=O) groups excluding carboxylic acids is 1. The maximum absolute atomic E-state index is 10.7. The van der Waals surface area contributed by atoms with E-state index in [0.717, 1.165) is 30.0 Å². The Morgan fingerprint density at radius 3 is 2.09 bits per heavy atom. The Labute approximate surface area is 134 Å². The molecule has 0 spiro atoms. The summed E-state index contributed by atoms with van der Waals surface area (Å²) in [5.74, 6) is -0.598. The topological polar surface area (TPSA) is 60.8 Å². The molecular formula is C17H19NO3S. The minimum Gasteiger partial charge on any atom is -0.503 e. The highest BCUT2D eigenvalue weighted by atomic mass is 32.1. The van der Waals surface area contributed by atoms with Crippen LogP contribution in [0.3, 0.4) is 0 Å². The maximum Gasteiger partial charge on any atom is 0.179 e. The van der Waals surface area contributed by atoms with Gasteiger partial charge in [-0.25, -0.2) is 0 Å². The van der Waals surface area contributed by atoms with Crippen molar-refractivity contribution in [1.82, 2.24) is 0 Å². The van der Waals surface area contributed by atoms with Crippen LogP contribution in [0.25, 0.3) is 12.2 Å². The Kier molecular flexibility index (Phi) is 5.22. The van der Waals surface area contributed by atoms with Crippen molar-refractivity contribution in [3.63, 3.8) is 0 Å². The van der Waals surface area contributed by atoms with Crippen LogP contribution in [0, 0.1) is 0 Å². The number of aldehydes is 1. The fourth-order valence-corrected chi connectivity index (χ4v) is 3.01. The van der Waals surface area contributed by atoms with Crippen molar-refractivity contribution in [2.75, 3.05) is 18.0 Å². The van der Waals surface area contributed by atoms with Gasteiger partial charge in [-0.15, -0.1) is 11.3 Å². The lowest BCUT2D eigenvalue weighted by Gasteiger charge is -2.20. The van der Waals surface area contributed by atoms with Gasteiger partial charge >= 0.3 is 0 Å². The molecular weight excluding hydrogens is 298 g/mol. The van der Waals surface area contributed by atoms with Gasteiger partial charge in [0.15, 0.2) is 17.8 Å². The molecule has 0 fully saturated rings. The Balaban J connectivity index is 2.18. The van der Waals surface area contributed by atoms with Crippen LogP contribution in [-0.2, 0) is 0 Å². The first-order chi connectivity index (χ1) is 10.6. The van der Waals surface area contributed by atoms with Crippen LogP contribution in [0.2, 0.25) is 0 Å². The average Bonchev–Trinajstić information content (AvgIpc) is 2.83. The van der Waals surface area contributed by atoms with Gasteiger partial charge in [0.1, 0.15) is 4.88 Å². The third kappa shape index (κ3) is 3.31. The van der Waals surface area contributed by atoms with E-state index in [0.29, 0.717) is 11.2 Å². The number of rotatable bonds is 6. The van der Waals surface area contributed by atoms with Gasteiger partial charge < -0.3 is 15.1 Å². The van der Waals surface area contributed by atoms with Gasteiger partial charge in [0, 0.05) is 18.8 Å². The lowest BCUT2D eigenvalue weighted by molar-refractivity contribution is 0.112. The van der Waals surface area contributed by atoms with Crippen LogP contribution >= 0.6 is 11.3 Å². The normalized spacial score (nSPS) is 11.0. The van der Waals surface area contributed by atoms with Crippen LogP contribution in [0.4, 0.5) is 5.69 Å². The van der Waals surface area contributed by atoms with Crippen molar-refractivity contribution < 1.29 is 15.0 Å². The largest absolute Gasteiger partial charge is 0.503 e. The van der Waals surface area contributed by atoms with Crippen molar-refractivity contribution in [2.24, 2.45) is 0 Å². The molecule has 1 aromatic carbocycles. The molecule has 1 aromatic heterocycles. The van der Waals surface area contributed by atoms with Gasteiger partial charge in [-0.1, -0.05) is 18.2 Å². The summed E-state index contributed by atoms with van der Waals surface area (Å²) in [4.78, 5) is 13.6. The zero-order valence-corrected chi connectivity index (χ0v) is 13.4. The molecule has 5 heteroatoms. The lowest BCUT2D eigenvalue weighted by atomic mass is 10.1. The zero-order valence-electron chi connectivity index (χ0n) is 12.6. The molecule has 0 atom stereocenters. The molecule has 0 saturated heterocycles. The van der Waals surface area contributed by atoms with Crippen LogP contribution in [0.5, 0.6) is 11.5 Å². The fourth-order valence-electron chi connectivity index (χ4n) is 2.20. The third-order valence-electron chi connectivity index (χ3n) is 3.47. The minimum absolute atomic E-state index is 0.133. The maximum atomic E-state index is 10.7. The first kappa shape index (κ1) is 16.1. The van der Waals surface area contributed by atoms with E-state index in [1.165, 1.54) is 5.69 Å². The number of anilines is 1. The molecule has 0 unspecified atom stereocenters. The van der Waals surface area contributed by atoms with Gasteiger partial charge in [0.05, 0.1) is 4.88 Å². The average molecular weight is 317 g/mol. The minimum atomic E-state index is -0.350. The first-order valence-corrected chi connectivity index (χ1v) is 7.95. The lowest BCUT2D eigenvalue weighted by Crippen LogP contribution is -2.21. The molecule has 2 aromatic rings. The molecule has 0 saturated carbocycles. The van der Waals surface area contributed by atoms with Gasteiger partial charge in [0.25, 0.3) is 0 Å². The number of thiophene rings is 1. The van der Waals surface area contributed by atoms with Crippen molar-refractivity contribution in [2.45, 2.75) is 13.8 Å². The third-order valence-corrected chi connectivity index (χ3v) is 4.53. The van der Waals surface area contributed by atoms with Crippen LogP contribution in [0.15, 0.2) is 24.3 Å². The van der Waals surface area contributed by atoms with E-state index in [2.05, 4.69) is 30.9 Å². The molecule has 0 radical (unpaired) electrons. The summed E-state index contributed by atoms with van der Waals surface area (Å²) in [5, 5.41) is 19.3. The van der Waals surface area contributed by atoms with E-state index >= 15 is 0 Å². The predicted molar refractivity (Wildman–Crippen MR) is 92.0 cm³/mol. The smallest absolute Gasteiger partial charge is 0.179 e. The van der Waals surface area contributed by atoms with Crippen LogP contribution < -0.4 is 4.90 Å². The summed E-state index contributed by atoms with van der Waals surface area (Å²) >= 11 is 1.06. The van der Waals surface area contributed by atoms with Crippen molar-refractivity contribution in [1.29, 1.82) is 0 Å². The van der Waals surface area contributed by atoms with E-state index in [4.69, 9.17) is 0 Å². The summed E-state index contributed by atoms with van der Waals surface area (Å²) < 4.78 is 0. The monoisotopic (exact) mass is 317 g/mol. The number of carbonyl (C=O) groups is 1. The van der Waals surface area contributed by atoms with Gasteiger partial charge in [-0.05, 0) is 37.6 Å². The summed E-state index contributed by atoms with van der Waals surface area (Å²) in [7, 11) is 0. The van der Waals surface area contributed by atoms with Crippen molar-refractivity contribution in [3.05, 3.63) is 39.6 Å². The van der Waals surface area contributed by atoms with Gasteiger partial charge in [0.2, 0.25) is 0 Å². The highest BCUT2D eigenvalue weighted by Crippen LogP contribution is 2.40. The SMILES string of the molecule is CCN(CC)c1ccc(/C=C/c2sc(C=O)c(O)c2O)cc1. The van der Waals surface area contributed by atoms with Crippen molar-refractivity contribution >= 4 is 35.5 Å². The van der Waals surface area contributed by atoms with Crippen LogP contribution in [-0.4, -0.2) is 29.6 Å². The molecule has 2 rings (SSSR count). The van der Waals surface area contributed by atoms with Gasteiger partial charge in [-0.3, -0.25) is 4.79 Å². The predicted octanol–water partition coefficient (Wildman–Crippen LogP) is 3.99. The number of benzene rings is 1. The highest BCUT2D eigenvalue weighted by Gasteiger charge is 2.14. The van der Waals surface area contributed by atoms with E-state index in [1.54, 1.807) is 6.08 Å². The second-order valence-electron chi connectivity index (χ2n) is 4.74. The number of aromatic hydroxyl groups is 2. The summed E-state index contributed by atoms with van der Waals surface area (Å²) in [6.07, 6.45) is 4.07.